The number of benzene rings is 1. The van der Waals surface area contributed by atoms with Crippen molar-refractivity contribution in [3.63, 3.8) is 0 Å². The van der Waals surface area contributed by atoms with Gasteiger partial charge in [0.05, 0.1) is 12.5 Å². The number of hydrogen-bond donors (Lipinski definition) is 2. The first-order chi connectivity index (χ1) is 10.2. The molecule has 1 aliphatic heterocycles. The van der Waals surface area contributed by atoms with Crippen molar-refractivity contribution < 1.29 is 9.53 Å². The van der Waals surface area contributed by atoms with Crippen molar-refractivity contribution in [1.82, 2.24) is 10.2 Å². The summed E-state index contributed by atoms with van der Waals surface area (Å²) in [4.78, 5) is 14.4. The van der Waals surface area contributed by atoms with E-state index in [0.717, 1.165) is 25.2 Å². The maximum absolute atomic E-state index is 12.2. The number of hydrogen-bond acceptors (Lipinski definition) is 4. The summed E-state index contributed by atoms with van der Waals surface area (Å²) in [7, 11) is 3.73. The molecule has 0 aliphatic carbocycles. The fourth-order valence-electron chi connectivity index (χ4n) is 2.50. The Hall–Kier alpha value is -1.59. The van der Waals surface area contributed by atoms with Crippen molar-refractivity contribution in [1.29, 1.82) is 0 Å². The number of amides is 1. The third-order valence-electron chi connectivity index (χ3n) is 3.86. The second kappa shape index (κ2) is 8.00. The van der Waals surface area contributed by atoms with E-state index >= 15 is 0 Å². The molecule has 1 aromatic carbocycles. The maximum Gasteiger partial charge on any atom is 0.225 e. The molecule has 1 atom stereocenters. The molecular weight excluding hydrogens is 266 g/mol. The van der Waals surface area contributed by atoms with E-state index in [1.807, 2.05) is 19.2 Å². The van der Waals surface area contributed by atoms with Gasteiger partial charge in [0.1, 0.15) is 0 Å². The zero-order valence-corrected chi connectivity index (χ0v) is 12.9. The van der Waals surface area contributed by atoms with Gasteiger partial charge in [0, 0.05) is 39.0 Å². The fraction of sp³-hybridized carbons (Fsp3) is 0.562. The highest BCUT2D eigenvalue weighted by Crippen LogP contribution is 2.24. The Balaban J connectivity index is 1.72. The lowest BCUT2D eigenvalue weighted by Gasteiger charge is -2.25. The summed E-state index contributed by atoms with van der Waals surface area (Å²) in [6.45, 7) is 3.82. The normalized spacial score (nSPS) is 17.2. The number of rotatable bonds is 7. The SMILES string of the molecule is COCCN(C)CCNC(=O)C1CNc2ccccc2C1. The number of para-hydroxylation sites is 1. The van der Waals surface area contributed by atoms with Gasteiger partial charge >= 0.3 is 0 Å². The highest BCUT2D eigenvalue weighted by molar-refractivity contribution is 5.80. The molecule has 1 aromatic rings. The zero-order chi connectivity index (χ0) is 15.1. The molecule has 0 fully saturated rings. The van der Waals surface area contributed by atoms with Crippen LogP contribution < -0.4 is 10.6 Å². The summed E-state index contributed by atoms with van der Waals surface area (Å²) in [5, 5.41) is 6.36. The Morgan fingerprint density at radius 3 is 3.05 bits per heavy atom. The first-order valence-electron chi connectivity index (χ1n) is 7.47. The van der Waals surface area contributed by atoms with E-state index in [9.17, 15) is 4.79 Å². The van der Waals surface area contributed by atoms with Gasteiger partial charge in [-0.3, -0.25) is 4.79 Å². The number of nitrogens with one attached hydrogen (secondary N) is 2. The number of ether oxygens (including phenoxy) is 1. The van der Waals surface area contributed by atoms with Gasteiger partial charge in [0.15, 0.2) is 0 Å². The van der Waals surface area contributed by atoms with Gasteiger partial charge in [-0.15, -0.1) is 0 Å². The average molecular weight is 291 g/mol. The number of likely N-dealkylation sites (N-methyl/N-ethyl adjacent to an activating group) is 1. The zero-order valence-electron chi connectivity index (χ0n) is 12.9. The van der Waals surface area contributed by atoms with E-state index in [1.54, 1.807) is 7.11 Å². The first-order valence-corrected chi connectivity index (χ1v) is 7.47. The Labute approximate surface area is 126 Å². The van der Waals surface area contributed by atoms with Crippen LogP contribution in [-0.4, -0.2) is 57.8 Å². The molecule has 2 rings (SSSR count). The number of nitrogens with zero attached hydrogens (tertiary/aromatic N) is 1. The summed E-state index contributed by atoms with van der Waals surface area (Å²) < 4.78 is 5.03. The molecule has 1 aliphatic rings. The Bertz CT molecular complexity index is 465. The van der Waals surface area contributed by atoms with E-state index in [-0.39, 0.29) is 11.8 Å². The lowest BCUT2D eigenvalue weighted by atomic mass is 9.93. The van der Waals surface area contributed by atoms with Gasteiger partial charge in [-0.1, -0.05) is 18.2 Å². The second-order valence-corrected chi connectivity index (χ2v) is 5.53. The molecule has 1 amide bonds. The number of methoxy groups -OCH3 is 1. The summed E-state index contributed by atoms with van der Waals surface area (Å²) in [6.07, 6.45) is 0.814. The topological polar surface area (TPSA) is 53.6 Å². The second-order valence-electron chi connectivity index (χ2n) is 5.53. The first kappa shape index (κ1) is 15.8. The third-order valence-corrected chi connectivity index (χ3v) is 3.86. The van der Waals surface area contributed by atoms with E-state index in [1.165, 1.54) is 5.56 Å². The van der Waals surface area contributed by atoms with E-state index in [2.05, 4.69) is 27.7 Å². The highest BCUT2D eigenvalue weighted by Gasteiger charge is 2.23. The van der Waals surface area contributed by atoms with Crippen molar-refractivity contribution in [3.05, 3.63) is 29.8 Å². The molecule has 116 valence electrons. The highest BCUT2D eigenvalue weighted by atomic mass is 16.5. The molecule has 0 aromatic heterocycles. The van der Waals surface area contributed by atoms with Crippen molar-refractivity contribution in [3.8, 4) is 0 Å². The minimum absolute atomic E-state index is 0.0178. The van der Waals surface area contributed by atoms with E-state index < -0.39 is 0 Å². The fourth-order valence-corrected chi connectivity index (χ4v) is 2.50. The quantitative estimate of drug-likeness (QED) is 0.786. The number of carbonyl (C=O) groups excluding carboxylic acids is 1. The van der Waals surface area contributed by atoms with Crippen molar-refractivity contribution in [2.24, 2.45) is 5.92 Å². The molecule has 21 heavy (non-hydrogen) atoms. The molecule has 0 bridgehead atoms. The van der Waals surface area contributed by atoms with Gasteiger partial charge in [-0.2, -0.15) is 0 Å². The van der Waals surface area contributed by atoms with E-state index in [4.69, 9.17) is 4.74 Å². The van der Waals surface area contributed by atoms with Crippen LogP contribution in [-0.2, 0) is 16.0 Å². The summed E-state index contributed by atoms with van der Waals surface area (Å²) in [5.41, 5.74) is 2.38. The van der Waals surface area contributed by atoms with Crippen LogP contribution in [0.25, 0.3) is 0 Å². The average Bonchev–Trinajstić information content (AvgIpc) is 2.52. The monoisotopic (exact) mass is 291 g/mol. The summed E-state index contributed by atoms with van der Waals surface area (Å²) in [5.74, 6) is 0.154. The number of carbonyl (C=O) groups is 1. The third kappa shape index (κ3) is 4.72. The van der Waals surface area contributed by atoms with Crippen molar-refractivity contribution in [2.45, 2.75) is 6.42 Å². The van der Waals surface area contributed by atoms with Crippen LogP contribution in [0.15, 0.2) is 24.3 Å². The molecule has 0 spiro atoms. The minimum Gasteiger partial charge on any atom is -0.384 e. The predicted octanol–water partition coefficient (Wildman–Crippen LogP) is 0.965. The van der Waals surface area contributed by atoms with Crippen LogP contribution >= 0.6 is 0 Å². The van der Waals surface area contributed by atoms with Gasteiger partial charge < -0.3 is 20.3 Å². The van der Waals surface area contributed by atoms with Crippen LogP contribution in [0.3, 0.4) is 0 Å². The van der Waals surface area contributed by atoms with Gasteiger partial charge in [0.2, 0.25) is 5.91 Å². The summed E-state index contributed by atoms with van der Waals surface area (Å²) in [6, 6.07) is 8.18. The lowest BCUT2D eigenvalue weighted by Crippen LogP contribution is -2.41. The van der Waals surface area contributed by atoms with Crippen LogP contribution in [0.2, 0.25) is 0 Å². The standard InChI is InChI=1S/C16H25N3O2/c1-19(9-10-21-2)8-7-17-16(20)14-11-13-5-3-4-6-15(13)18-12-14/h3-6,14,18H,7-12H2,1-2H3,(H,17,20). The van der Waals surface area contributed by atoms with Crippen LogP contribution in [0.5, 0.6) is 0 Å². The molecule has 0 radical (unpaired) electrons. The van der Waals surface area contributed by atoms with Crippen molar-refractivity contribution >= 4 is 11.6 Å². The Kier molecular flexibility index (Phi) is 6.02. The van der Waals surface area contributed by atoms with Crippen LogP contribution in [0.4, 0.5) is 5.69 Å². The molecule has 1 unspecified atom stereocenters. The van der Waals surface area contributed by atoms with Crippen molar-refractivity contribution in [2.75, 3.05) is 52.3 Å². The maximum atomic E-state index is 12.2. The molecule has 2 N–H and O–H groups in total. The number of fused-ring (bicyclic) bond motifs is 1. The molecule has 0 saturated heterocycles. The Morgan fingerprint density at radius 1 is 1.43 bits per heavy atom. The van der Waals surface area contributed by atoms with E-state index in [0.29, 0.717) is 19.7 Å². The van der Waals surface area contributed by atoms with Crippen LogP contribution in [0.1, 0.15) is 5.56 Å². The van der Waals surface area contributed by atoms with Crippen LogP contribution in [0, 0.1) is 5.92 Å². The molecule has 1 heterocycles. The number of anilines is 1. The van der Waals surface area contributed by atoms with Gasteiger partial charge in [-0.05, 0) is 25.1 Å². The molecule has 5 heteroatoms. The smallest absolute Gasteiger partial charge is 0.225 e. The lowest BCUT2D eigenvalue weighted by molar-refractivity contribution is -0.124. The summed E-state index contributed by atoms with van der Waals surface area (Å²) >= 11 is 0. The molecule has 5 nitrogen and oxygen atoms in total. The predicted molar refractivity (Wildman–Crippen MR) is 84.5 cm³/mol. The Morgan fingerprint density at radius 2 is 2.24 bits per heavy atom. The van der Waals surface area contributed by atoms with Gasteiger partial charge in [0.25, 0.3) is 0 Å². The minimum atomic E-state index is 0.0178. The van der Waals surface area contributed by atoms with Gasteiger partial charge in [-0.25, -0.2) is 0 Å². The molecule has 0 saturated carbocycles. The molecular formula is C16H25N3O2. The largest absolute Gasteiger partial charge is 0.384 e.